The van der Waals surface area contributed by atoms with Gasteiger partial charge in [0.1, 0.15) is 0 Å². The van der Waals surface area contributed by atoms with Gasteiger partial charge in [0, 0.05) is 13.1 Å². The van der Waals surface area contributed by atoms with E-state index in [-0.39, 0.29) is 35.4 Å². The van der Waals surface area contributed by atoms with E-state index in [2.05, 4.69) is 11.6 Å². The fraction of sp³-hybridized carbons (Fsp3) is 0.227. The molecule has 31 heavy (non-hydrogen) atoms. The molecule has 1 heterocycles. The summed E-state index contributed by atoms with van der Waals surface area (Å²) in [5.74, 6) is -0.193. The first-order chi connectivity index (χ1) is 14.8. The van der Waals surface area contributed by atoms with Gasteiger partial charge in [0.2, 0.25) is 25.0 Å². The number of imidazole rings is 1. The molecule has 0 atom stereocenters. The third kappa shape index (κ3) is 5.12. The van der Waals surface area contributed by atoms with Gasteiger partial charge in [-0.25, -0.2) is 21.8 Å². The standard InChI is InChI=1S/C22H25N3O4S2/c1-3-15-25-20(17-24(4-2)31(28,29)21-13-9-6-10-14-21)16-23-22(25)30(26,27)18-19-11-7-5-8-12-19/h3,5-14,16H,1,4,15,17-18H2,2H3. The summed E-state index contributed by atoms with van der Waals surface area (Å²) in [5, 5.41) is -0.0978. The highest BCUT2D eigenvalue weighted by molar-refractivity contribution is 7.90. The van der Waals surface area contributed by atoms with Gasteiger partial charge < -0.3 is 4.57 Å². The number of nitrogens with zero attached hydrogens (tertiary/aromatic N) is 3. The first-order valence-electron chi connectivity index (χ1n) is 9.76. The molecule has 3 aromatic rings. The summed E-state index contributed by atoms with van der Waals surface area (Å²) in [5.41, 5.74) is 1.13. The molecule has 3 rings (SSSR count). The molecule has 0 spiro atoms. The quantitative estimate of drug-likeness (QED) is 0.434. The molecule has 0 aliphatic carbocycles. The van der Waals surface area contributed by atoms with Crippen LogP contribution in [-0.4, -0.2) is 37.2 Å². The van der Waals surface area contributed by atoms with E-state index in [1.165, 1.54) is 27.2 Å². The smallest absolute Gasteiger partial charge is 0.243 e. The lowest BCUT2D eigenvalue weighted by atomic mass is 10.2. The summed E-state index contributed by atoms with van der Waals surface area (Å²) in [4.78, 5) is 4.33. The predicted octanol–water partition coefficient (Wildman–Crippen LogP) is 3.25. The first-order valence-corrected chi connectivity index (χ1v) is 12.9. The summed E-state index contributed by atoms with van der Waals surface area (Å²) in [6.07, 6.45) is 2.99. The van der Waals surface area contributed by atoms with Crippen LogP contribution >= 0.6 is 0 Å². The van der Waals surface area contributed by atoms with Crippen molar-refractivity contribution in [3.63, 3.8) is 0 Å². The van der Waals surface area contributed by atoms with E-state index in [0.29, 0.717) is 11.3 Å². The van der Waals surface area contributed by atoms with Gasteiger partial charge in [-0.1, -0.05) is 61.5 Å². The summed E-state index contributed by atoms with van der Waals surface area (Å²) in [6, 6.07) is 17.0. The maximum atomic E-state index is 13.0. The minimum atomic E-state index is -3.74. The van der Waals surface area contributed by atoms with Crippen molar-refractivity contribution in [3.05, 3.63) is 90.8 Å². The molecule has 0 radical (unpaired) electrons. The lowest BCUT2D eigenvalue weighted by molar-refractivity contribution is 0.410. The SMILES string of the molecule is C=CCn1c(CN(CC)S(=O)(=O)c2ccccc2)cnc1S(=O)(=O)Cc1ccccc1. The molecule has 9 heteroatoms. The Labute approximate surface area is 183 Å². The van der Waals surface area contributed by atoms with Crippen LogP contribution in [0.25, 0.3) is 0 Å². The molecule has 164 valence electrons. The average molecular weight is 460 g/mol. The zero-order valence-electron chi connectivity index (χ0n) is 17.3. The number of sulfonamides is 1. The topological polar surface area (TPSA) is 89.3 Å². The fourth-order valence-electron chi connectivity index (χ4n) is 3.24. The van der Waals surface area contributed by atoms with Crippen LogP contribution in [0.5, 0.6) is 0 Å². The second-order valence-corrected chi connectivity index (χ2v) is 10.7. The third-order valence-electron chi connectivity index (χ3n) is 4.76. The van der Waals surface area contributed by atoms with Crippen LogP contribution < -0.4 is 0 Å². The predicted molar refractivity (Wildman–Crippen MR) is 119 cm³/mol. The number of hydrogen-bond donors (Lipinski definition) is 0. The van der Waals surface area contributed by atoms with Gasteiger partial charge in [0.25, 0.3) is 0 Å². The Morgan fingerprint density at radius 1 is 1.00 bits per heavy atom. The van der Waals surface area contributed by atoms with Crippen LogP contribution in [0.1, 0.15) is 18.2 Å². The van der Waals surface area contributed by atoms with Gasteiger partial charge in [0.05, 0.1) is 29.1 Å². The summed E-state index contributed by atoms with van der Waals surface area (Å²) in [6.45, 7) is 5.86. The van der Waals surface area contributed by atoms with Crippen LogP contribution in [0.2, 0.25) is 0 Å². The molecule has 1 aromatic heterocycles. The van der Waals surface area contributed by atoms with Crippen molar-refractivity contribution in [1.29, 1.82) is 0 Å². The van der Waals surface area contributed by atoms with Gasteiger partial charge >= 0.3 is 0 Å². The molecule has 0 saturated heterocycles. The fourth-order valence-corrected chi connectivity index (χ4v) is 6.18. The molecule has 0 aliphatic rings. The third-order valence-corrected chi connectivity index (χ3v) is 8.29. The Bertz CT molecular complexity index is 1240. The van der Waals surface area contributed by atoms with Crippen molar-refractivity contribution in [2.24, 2.45) is 0 Å². The first kappa shape index (κ1) is 22.9. The molecule has 0 bridgehead atoms. The van der Waals surface area contributed by atoms with Gasteiger partial charge in [-0.15, -0.1) is 6.58 Å². The number of allylic oxidation sites excluding steroid dienone is 1. The molecular formula is C22H25N3O4S2. The van der Waals surface area contributed by atoms with Crippen LogP contribution in [0, 0.1) is 0 Å². The molecule has 0 N–H and O–H groups in total. The largest absolute Gasteiger partial charge is 0.314 e. The minimum absolute atomic E-state index is 0.00454. The Morgan fingerprint density at radius 2 is 1.61 bits per heavy atom. The highest BCUT2D eigenvalue weighted by atomic mass is 32.2. The van der Waals surface area contributed by atoms with Gasteiger partial charge in [-0.2, -0.15) is 4.31 Å². The van der Waals surface area contributed by atoms with Crippen LogP contribution in [-0.2, 0) is 38.7 Å². The molecule has 7 nitrogen and oxygen atoms in total. The maximum Gasteiger partial charge on any atom is 0.243 e. The number of benzene rings is 2. The van der Waals surface area contributed by atoms with Crippen molar-refractivity contribution in [2.75, 3.05) is 6.54 Å². The molecule has 0 unspecified atom stereocenters. The highest BCUT2D eigenvalue weighted by Crippen LogP contribution is 2.22. The van der Waals surface area contributed by atoms with Gasteiger partial charge in [0.15, 0.2) is 0 Å². The molecule has 0 fully saturated rings. The normalized spacial score (nSPS) is 12.2. The summed E-state index contributed by atoms with van der Waals surface area (Å²) < 4.78 is 55.0. The van der Waals surface area contributed by atoms with Crippen molar-refractivity contribution in [3.8, 4) is 0 Å². The zero-order valence-corrected chi connectivity index (χ0v) is 18.9. The van der Waals surface area contributed by atoms with Crippen LogP contribution in [0.3, 0.4) is 0 Å². The Morgan fingerprint density at radius 3 is 2.19 bits per heavy atom. The molecule has 2 aromatic carbocycles. The second-order valence-electron chi connectivity index (χ2n) is 6.92. The summed E-state index contributed by atoms with van der Waals surface area (Å²) in [7, 11) is -7.48. The van der Waals surface area contributed by atoms with Crippen LogP contribution in [0.15, 0.2) is 89.6 Å². The lowest BCUT2D eigenvalue weighted by Crippen LogP contribution is -2.31. The molecule has 0 aliphatic heterocycles. The Kier molecular flexibility index (Phi) is 7.09. The van der Waals surface area contributed by atoms with E-state index in [1.807, 2.05) is 6.07 Å². The highest BCUT2D eigenvalue weighted by Gasteiger charge is 2.27. The number of hydrogen-bond acceptors (Lipinski definition) is 5. The number of sulfone groups is 1. The van der Waals surface area contributed by atoms with E-state index in [4.69, 9.17) is 0 Å². The van der Waals surface area contributed by atoms with Crippen molar-refractivity contribution >= 4 is 19.9 Å². The van der Waals surface area contributed by atoms with E-state index < -0.39 is 19.9 Å². The molecule has 0 amide bonds. The Hall–Kier alpha value is -2.75. The number of rotatable bonds is 10. The van der Waals surface area contributed by atoms with Crippen molar-refractivity contribution < 1.29 is 16.8 Å². The molecule has 0 saturated carbocycles. The van der Waals surface area contributed by atoms with E-state index in [1.54, 1.807) is 55.5 Å². The van der Waals surface area contributed by atoms with Gasteiger partial charge in [-0.05, 0) is 17.7 Å². The monoisotopic (exact) mass is 459 g/mol. The van der Waals surface area contributed by atoms with E-state index >= 15 is 0 Å². The zero-order chi connectivity index (χ0) is 22.5. The maximum absolute atomic E-state index is 13.0. The second kappa shape index (κ2) is 9.59. The van der Waals surface area contributed by atoms with Crippen molar-refractivity contribution in [2.45, 2.75) is 35.8 Å². The van der Waals surface area contributed by atoms with Gasteiger partial charge in [-0.3, -0.25) is 0 Å². The molecular weight excluding hydrogens is 434 g/mol. The summed E-state index contributed by atoms with van der Waals surface area (Å²) >= 11 is 0. The average Bonchev–Trinajstić information content (AvgIpc) is 3.16. The van der Waals surface area contributed by atoms with E-state index in [0.717, 1.165) is 0 Å². The minimum Gasteiger partial charge on any atom is -0.314 e. The van der Waals surface area contributed by atoms with E-state index in [9.17, 15) is 16.8 Å². The Balaban J connectivity index is 1.95. The van der Waals surface area contributed by atoms with Crippen LogP contribution in [0.4, 0.5) is 0 Å². The number of aromatic nitrogens is 2. The van der Waals surface area contributed by atoms with Crippen molar-refractivity contribution in [1.82, 2.24) is 13.9 Å². The lowest BCUT2D eigenvalue weighted by Gasteiger charge is -2.21.